The van der Waals surface area contributed by atoms with Gasteiger partial charge in [0.15, 0.2) is 10.6 Å². The van der Waals surface area contributed by atoms with Crippen LogP contribution in [0.4, 0.5) is 11.4 Å². The van der Waals surface area contributed by atoms with E-state index in [1.165, 1.54) is 30.3 Å². The molecule has 12 nitrogen and oxygen atoms in total. The van der Waals surface area contributed by atoms with Gasteiger partial charge in [-0.05, 0) is 31.2 Å². The van der Waals surface area contributed by atoms with Crippen LogP contribution in [0.25, 0.3) is 10.8 Å². The van der Waals surface area contributed by atoms with Crippen molar-refractivity contribution in [3.8, 4) is 5.75 Å². The lowest BCUT2D eigenvalue weighted by Gasteiger charge is -2.26. The van der Waals surface area contributed by atoms with Crippen molar-refractivity contribution in [1.29, 1.82) is 0 Å². The van der Waals surface area contributed by atoms with Gasteiger partial charge in [0.1, 0.15) is 0 Å². The Bertz CT molecular complexity index is 1480. The maximum Gasteiger partial charge on any atom is 0.346 e. The lowest BCUT2D eigenvalue weighted by Crippen LogP contribution is -2.40. The third-order valence-electron chi connectivity index (χ3n) is 5.09. The van der Waals surface area contributed by atoms with E-state index in [0.717, 1.165) is 11.0 Å². The Morgan fingerprint density at radius 3 is 2.21 bits per heavy atom. The molecule has 1 heterocycles. The molecule has 0 unspecified atom stereocenters. The van der Waals surface area contributed by atoms with Crippen LogP contribution in [-0.2, 0) is 10.1 Å². The van der Waals surface area contributed by atoms with E-state index in [9.17, 15) is 38.2 Å². The summed E-state index contributed by atoms with van der Waals surface area (Å²) in [7, 11) is -4.82. The predicted octanol–water partition coefficient (Wildman–Crippen LogP) is 3.04. The van der Waals surface area contributed by atoms with Crippen LogP contribution in [0.5, 0.6) is 5.75 Å². The minimum Gasteiger partial charge on any atom is -0.378 e. The van der Waals surface area contributed by atoms with E-state index in [1.807, 2.05) is 0 Å². The van der Waals surface area contributed by atoms with Gasteiger partial charge in [-0.25, -0.2) is 0 Å². The zero-order valence-electron chi connectivity index (χ0n) is 16.8. The highest BCUT2D eigenvalue weighted by Crippen LogP contribution is 2.37. The second-order valence-corrected chi connectivity index (χ2v) is 8.41. The number of amides is 2. The number of non-ortho nitro benzene ring substituents is 1. The van der Waals surface area contributed by atoms with Gasteiger partial charge in [0.2, 0.25) is 0 Å². The first-order chi connectivity index (χ1) is 15.6. The Hall–Kier alpha value is -4.39. The summed E-state index contributed by atoms with van der Waals surface area (Å²) in [5, 5.41) is 22.6. The number of hydrogen-bond acceptors (Lipinski definition) is 9. The van der Waals surface area contributed by atoms with Gasteiger partial charge >= 0.3 is 10.1 Å². The Balaban J connectivity index is 1.86. The Kier molecular flexibility index (Phi) is 5.05. The summed E-state index contributed by atoms with van der Waals surface area (Å²) in [5.74, 6) is -1.37. The van der Waals surface area contributed by atoms with Gasteiger partial charge < -0.3 is 4.18 Å². The van der Waals surface area contributed by atoms with Crippen molar-refractivity contribution < 1.29 is 32.0 Å². The standard InChI is InChI=1S/C20H13N3O9S/c1-2-21-19(24)13-5-3-4-12-16(8-7-14(18(12)13)20(21)25)32-33(30,31)17-9-6-11(22(26)27)10-15(17)23(28)29/h3-10H,2H2,1H3. The van der Waals surface area contributed by atoms with Crippen molar-refractivity contribution in [2.24, 2.45) is 0 Å². The zero-order valence-corrected chi connectivity index (χ0v) is 17.6. The largest absolute Gasteiger partial charge is 0.378 e. The number of benzene rings is 3. The van der Waals surface area contributed by atoms with Gasteiger partial charge in [-0.2, -0.15) is 8.42 Å². The molecule has 3 aromatic carbocycles. The maximum absolute atomic E-state index is 12.9. The second-order valence-electron chi connectivity index (χ2n) is 6.90. The zero-order chi connectivity index (χ0) is 24.1. The first-order valence-electron chi connectivity index (χ1n) is 9.36. The average Bonchev–Trinajstić information content (AvgIpc) is 2.77. The van der Waals surface area contributed by atoms with E-state index >= 15 is 0 Å². The van der Waals surface area contributed by atoms with Gasteiger partial charge in [0.05, 0.1) is 15.9 Å². The van der Waals surface area contributed by atoms with Crippen molar-refractivity contribution in [3.63, 3.8) is 0 Å². The molecule has 2 amide bonds. The van der Waals surface area contributed by atoms with Crippen LogP contribution in [0.15, 0.2) is 53.4 Å². The highest BCUT2D eigenvalue weighted by Gasteiger charge is 2.34. The van der Waals surface area contributed by atoms with Crippen LogP contribution in [0.3, 0.4) is 0 Å². The molecule has 0 aliphatic carbocycles. The minimum atomic E-state index is -4.82. The molecule has 0 atom stereocenters. The SMILES string of the molecule is CCN1C(=O)c2cccc3c(OS(=O)(=O)c4ccc([N+](=O)[O-])cc4[N+](=O)[O-])ccc(c23)C1=O. The molecule has 0 radical (unpaired) electrons. The van der Waals surface area contributed by atoms with Crippen molar-refractivity contribution in [1.82, 2.24) is 4.90 Å². The number of nitro benzene ring substituents is 2. The molecular formula is C20H13N3O9S. The number of carbonyl (C=O) groups excluding carboxylic acids is 2. The summed E-state index contributed by atoms with van der Waals surface area (Å²) < 4.78 is 30.9. The van der Waals surface area contributed by atoms with Crippen LogP contribution >= 0.6 is 0 Å². The molecule has 0 saturated carbocycles. The molecule has 3 aromatic rings. The molecule has 1 aliphatic rings. The van der Waals surface area contributed by atoms with Crippen LogP contribution in [-0.4, -0.2) is 41.5 Å². The van der Waals surface area contributed by atoms with Gasteiger partial charge in [0.25, 0.3) is 23.2 Å². The summed E-state index contributed by atoms with van der Waals surface area (Å²) in [4.78, 5) is 45.8. The highest BCUT2D eigenvalue weighted by atomic mass is 32.2. The Morgan fingerprint density at radius 2 is 1.61 bits per heavy atom. The molecule has 13 heteroatoms. The summed E-state index contributed by atoms with van der Waals surface area (Å²) in [6, 6.07) is 8.96. The predicted molar refractivity (Wildman–Crippen MR) is 113 cm³/mol. The molecule has 168 valence electrons. The fourth-order valence-electron chi connectivity index (χ4n) is 3.62. The first kappa shape index (κ1) is 21.8. The summed E-state index contributed by atoms with van der Waals surface area (Å²) in [5.41, 5.74) is -1.35. The number of hydrogen-bond donors (Lipinski definition) is 0. The van der Waals surface area contributed by atoms with E-state index in [1.54, 1.807) is 6.92 Å². The number of carbonyl (C=O) groups is 2. The minimum absolute atomic E-state index is 0.135. The van der Waals surface area contributed by atoms with Crippen LogP contribution in [0.1, 0.15) is 27.6 Å². The topological polar surface area (TPSA) is 167 Å². The summed E-state index contributed by atoms with van der Waals surface area (Å²) >= 11 is 0. The van der Waals surface area contributed by atoms with E-state index in [-0.39, 0.29) is 34.2 Å². The lowest BCUT2D eigenvalue weighted by molar-refractivity contribution is -0.396. The highest BCUT2D eigenvalue weighted by molar-refractivity contribution is 7.87. The lowest BCUT2D eigenvalue weighted by atomic mass is 9.93. The molecule has 0 spiro atoms. The van der Waals surface area contributed by atoms with Crippen LogP contribution in [0.2, 0.25) is 0 Å². The molecule has 33 heavy (non-hydrogen) atoms. The third kappa shape index (κ3) is 3.43. The average molecular weight is 471 g/mol. The molecular weight excluding hydrogens is 458 g/mol. The molecule has 4 rings (SSSR count). The number of nitro groups is 2. The molecule has 0 fully saturated rings. The fraction of sp³-hybridized carbons (Fsp3) is 0.100. The maximum atomic E-state index is 12.9. The van der Waals surface area contributed by atoms with E-state index in [4.69, 9.17) is 4.18 Å². The van der Waals surface area contributed by atoms with E-state index in [2.05, 4.69) is 0 Å². The molecule has 0 bridgehead atoms. The quantitative estimate of drug-likeness (QED) is 0.227. The Morgan fingerprint density at radius 1 is 0.939 bits per heavy atom. The van der Waals surface area contributed by atoms with E-state index < -0.39 is 48.0 Å². The summed E-state index contributed by atoms with van der Waals surface area (Å²) in [6.45, 7) is 1.78. The first-order valence-corrected chi connectivity index (χ1v) is 10.8. The van der Waals surface area contributed by atoms with Gasteiger partial charge in [-0.3, -0.25) is 34.7 Å². The van der Waals surface area contributed by atoms with Crippen molar-refractivity contribution >= 4 is 44.1 Å². The molecule has 0 saturated heterocycles. The monoisotopic (exact) mass is 471 g/mol. The van der Waals surface area contributed by atoms with Crippen LogP contribution in [0, 0.1) is 20.2 Å². The third-order valence-corrected chi connectivity index (χ3v) is 6.37. The molecule has 0 N–H and O–H groups in total. The van der Waals surface area contributed by atoms with Crippen molar-refractivity contribution in [3.05, 3.63) is 79.9 Å². The second kappa shape index (κ2) is 7.63. The normalized spacial score (nSPS) is 13.3. The Labute approximate surface area is 185 Å². The smallest absolute Gasteiger partial charge is 0.346 e. The fourth-order valence-corrected chi connectivity index (χ4v) is 4.71. The number of imide groups is 1. The van der Waals surface area contributed by atoms with Gasteiger partial charge in [0, 0.05) is 34.5 Å². The molecule has 0 aromatic heterocycles. The molecule has 1 aliphatic heterocycles. The van der Waals surface area contributed by atoms with Gasteiger partial charge in [-0.1, -0.05) is 12.1 Å². The van der Waals surface area contributed by atoms with E-state index in [0.29, 0.717) is 12.1 Å². The number of nitrogens with zero attached hydrogens (tertiary/aromatic N) is 3. The number of rotatable bonds is 6. The van der Waals surface area contributed by atoms with Crippen LogP contribution < -0.4 is 4.18 Å². The summed E-state index contributed by atoms with van der Waals surface area (Å²) in [6.07, 6.45) is 0. The van der Waals surface area contributed by atoms with Gasteiger partial charge in [-0.15, -0.1) is 0 Å². The van der Waals surface area contributed by atoms with Crippen molar-refractivity contribution in [2.45, 2.75) is 11.8 Å². The van der Waals surface area contributed by atoms with Crippen molar-refractivity contribution in [2.75, 3.05) is 6.54 Å².